The van der Waals surface area contributed by atoms with E-state index in [-0.39, 0.29) is 6.04 Å². The molecule has 1 N–H and O–H groups in total. The van der Waals surface area contributed by atoms with Crippen LogP contribution in [0.2, 0.25) is 0 Å². The minimum atomic E-state index is 0.0868. The summed E-state index contributed by atoms with van der Waals surface area (Å²) in [6.07, 6.45) is 1.13. The average Bonchev–Trinajstić information content (AvgIpc) is 3.16. The number of benzene rings is 1. The lowest BCUT2D eigenvalue weighted by atomic mass is 9.99. The first kappa shape index (κ1) is 13.1. The van der Waals surface area contributed by atoms with Gasteiger partial charge in [0.2, 0.25) is 5.89 Å². The Bertz CT molecular complexity index is 554. The zero-order valence-corrected chi connectivity index (χ0v) is 11.9. The molecular weight excluding hydrogens is 252 g/mol. The van der Waals surface area contributed by atoms with Crippen molar-refractivity contribution in [1.29, 1.82) is 0 Å². The van der Waals surface area contributed by atoms with Gasteiger partial charge in [0, 0.05) is 19.0 Å². The lowest BCUT2D eigenvalue weighted by molar-refractivity contribution is 0.432. The second-order valence-corrected chi connectivity index (χ2v) is 5.28. The van der Waals surface area contributed by atoms with Gasteiger partial charge in [-0.25, -0.2) is 0 Å². The van der Waals surface area contributed by atoms with E-state index in [4.69, 9.17) is 4.42 Å². The van der Waals surface area contributed by atoms with Crippen molar-refractivity contribution in [3.63, 3.8) is 0 Å². The van der Waals surface area contributed by atoms with Gasteiger partial charge in [-0.3, -0.25) is 0 Å². The van der Waals surface area contributed by atoms with Crippen LogP contribution in [0.25, 0.3) is 0 Å². The van der Waals surface area contributed by atoms with E-state index < -0.39 is 0 Å². The molecule has 2 atom stereocenters. The number of aromatic nitrogens is 2. The summed E-state index contributed by atoms with van der Waals surface area (Å²) in [7, 11) is 1.88. The molecule has 20 heavy (non-hydrogen) atoms. The zero-order valence-electron chi connectivity index (χ0n) is 11.9. The number of hydrogen-bond acceptors (Lipinski definition) is 5. The van der Waals surface area contributed by atoms with Gasteiger partial charge < -0.3 is 14.6 Å². The highest BCUT2D eigenvalue weighted by Gasteiger charge is 2.27. The molecule has 0 saturated carbocycles. The smallest absolute Gasteiger partial charge is 0.318 e. The van der Waals surface area contributed by atoms with E-state index in [9.17, 15) is 0 Å². The van der Waals surface area contributed by atoms with Gasteiger partial charge >= 0.3 is 6.01 Å². The molecule has 1 aliphatic heterocycles. The van der Waals surface area contributed by atoms with Crippen LogP contribution in [-0.2, 0) is 0 Å². The number of nitrogens with one attached hydrogen (secondary N) is 1. The van der Waals surface area contributed by atoms with Crippen LogP contribution in [0, 0.1) is 0 Å². The summed E-state index contributed by atoms with van der Waals surface area (Å²) in [5, 5.41) is 11.4. The monoisotopic (exact) mass is 272 g/mol. The predicted molar refractivity (Wildman–Crippen MR) is 77.8 cm³/mol. The van der Waals surface area contributed by atoms with E-state index in [0.717, 1.165) is 19.5 Å². The summed E-state index contributed by atoms with van der Waals surface area (Å²) in [4.78, 5) is 2.18. The molecule has 1 aromatic carbocycles. The Morgan fingerprint density at radius 2 is 2.10 bits per heavy atom. The third kappa shape index (κ3) is 2.54. The highest BCUT2D eigenvalue weighted by Crippen LogP contribution is 2.30. The standard InChI is InChI=1S/C15H20N4O/c1-11(16-2)14-17-18-15(20-14)19-9-8-13(10-19)12-6-4-3-5-7-12/h3-7,11,13,16H,8-10H2,1-2H3. The van der Waals surface area contributed by atoms with Crippen LogP contribution in [0.1, 0.15) is 36.8 Å². The molecule has 1 aliphatic rings. The zero-order chi connectivity index (χ0) is 13.9. The lowest BCUT2D eigenvalue weighted by Gasteiger charge is -2.13. The maximum atomic E-state index is 5.75. The first-order chi connectivity index (χ1) is 9.78. The van der Waals surface area contributed by atoms with Crippen molar-refractivity contribution in [3.05, 3.63) is 41.8 Å². The number of anilines is 1. The van der Waals surface area contributed by atoms with Gasteiger partial charge in [-0.05, 0) is 26.0 Å². The van der Waals surface area contributed by atoms with Crippen molar-refractivity contribution in [1.82, 2.24) is 15.5 Å². The first-order valence-electron chi connectivity index (χ1n) is 7.08. The molecule has 0 aliphatic carbocycles. The van der Waals surface area contributed by atoms with Crippen LogP contribution in [0.3, 0.4) is 0 Å². The molecule has 2 heterocycles. The van der Waals surface area contributed by atoms with Crippen molar-refractivity contribution >= 4 is 6.01 Å². The van der Waals surface area contributed by atoms with Crippen molar-refractivity contribution < 1.29 is 4.42 Å². The summed E-state index contributed by atoms with van der Waals surface area (Å²) >= 11 is 0. The van der Waals surface area contributed by atoms with Gasteiger partial charge in [0.05, 0.1) is 6.04 Å². The highest BCUT2D eigenvalue weighted by atomic mass is 16.4. The summed E-state index contributed by atoms with van der Waals surface area (Å²) in [5.41, 5.74) is 1.39. The number of nitrogens with zero attached hydrogens (tertiary/aromatic N) is 3. The molecular formula is C15H20N4O. The third-order valence-electron chi connectivity index (χ3n) is 3.96. The maximum absolute atomic E-state index is 5.75. The molecule has 1 aromatic heterocycles. The Hall–Kier alpha value is -1.88. The SMILES string of the molecule is CNC(C)c1nnc(N2CCC(c3ccccc3)C2)o1. The van der Waals surface area contributed by atoms with Gasteiger partial charge in [-0.2, -0.15) is 0 Å². The molecule has 0 amide bonds. The Labute approximate surface area is 119 Å². The van der Waals surface area contributed by atoms with Gasteiger partial charge in [0.15, 0.2) is 0 Å². The van der Waals surface area contributed by atoms with Crippen molar-refractivity contribution in [3.8, 4) is 0 Å². The average molecular weight is 272 g/mol. The van der Waals surface area contributed by atoms with Gasteiger partial charge in [0.25, 0.3) is 0 Å². The minimum Gasteiger partial charge on any atom is -0.406 e. The van der Waals surface area contributed by atoms with E-state index in [0.29, 0.717) is 17.8 Å². The largest absolute Gasteiger partial charge is 0.406 e. The molecule has 2 aromatic rings. The van der Waals surface area contributed by atoms with Crippen LogP contribution in [-0.4, -0.2) is 30.3 Å². The van der Waals surface area contributed by atoms with E-state index in [2.05, 4.69) is 50.7 Å². The summed E-state index contributed by atoms with van der Waals surface area (Å²) < 4.78 is 5.75. The molecule has 5 nitrogen and oxygen atoms in total. The van der Waals surface area contributed by atoms with Crippen LogP contribution < -0.4 is 10.2 Å². The van der Waals surface area contributed by atoms with E-state index in [1.54, 1.807) is 0 Å². The van der Waals surface area contributed by atoms with Gasteiger partial charge in [-0.15, -0.1) is 5.10 Å². The molecule has 1 fully saturated rings. The first-order valence-corrected chi connectivity index (χ1v) is 7.08. The molecule has 0 spiro atoms. The van der Waals surface area contributed by atoms with Gasteiger partial charge in [-0.1, -0.05) is 35.4 Å². The summed E-state index contributed by atoms with van der Waals surface area (Å²) in [6, 6.07) is 11.4. The molecule has 106 valence electrons. The number of rotatable bonds is 4. The summed E-state index contributed by atoms with van der Waals surface area (Å²) in [6.45, 7) is 3.92. The fourth-order valence-electron chi connectivity index (χ4n) is 2.58. The molecule has 1 saturated heterocycles. The fraction of sp³-hybridized carbons (Fsp3) is 0.467. The van der Waals surface area contributed by atoms with Crippen LogP contribution in [0.15, 0.2) is 34.7 Å². The molecule has 0 radical (unpaired) electrons. The van der Waals surface area contributed by atoms with E-state index >= 15 is 0 Å². The Kier molecular flexibility index (Phi) is 3.69. The van der Waals surface area contributed by atoms with Crippen molar-refractivity contribution in [2.45, 2.75) is 25.3 Å². The van der Waals surface area contributed by atoms with E-state index in [1.165, 1.54) is 5.56 Å². The summed E-state index contributed by atoms with van der Waals surface area (Å²) in [5.74, 6) is 1.19. The minimum absolute atomic E-state index is 0.0868. The van der Waals surface area contributed by atoms with E-state index in [1.807, 2.05) is 14.0 Å². The second-order valence-electron chi connectivity index (χ2n) is 5.28. The van der Waals surface area contributed by atoms with Gasteiger partial charge in [0.1, 0.15) is 0 Å². The maximum Gasteiger partial charge on any atom is 0.318 e. The van der Waals surface area contributed by atoms with Crippen LogP contribution in [0.5, 0.6) is 0 Å². The number of hydrogen-bond donors (Lipinski definition) is 1. The molecule has 3 rings (SSSR count). The molecule has 2 unspecified atom stereocenters. The normalized spacial score (nSPS) is 20.3. The van der Waals surface area contributed by atoms with Crippen LogP contribution >= 0.6 is 0 Å². The quantitative estimate of drug-likeness (QED) is 0.926. The third-order valence-corrected chi connectivity index (χ3v) is 3.96. The highest BCUT2D eigenvalue weighted by molar-refractivity contribution is 5.32. The van der Waals surface area contributed by atoms with Crippen LogP contribution in [0.4, 0.5) is 6.01 Å². The molecule has 5 heteroatoms. The Morgan fingerprint density at radius 3 is 2.85 bits per heavy atom. The van der Waals surface area contributed by atoms with Crippen molar-refractivity contribution in [2.24, 2.45) is 0 Å². The predicted octanol–water partition coefficient (Wildman–Crippen LogP) is 2.34. The Balaban J connectivity index is 1.69. The molecule has 0 bridgehead atoms. The lowest BCUT2D eigenvalue weighted by Crippen LogP contribution is -2.19. The topological polar surface area (TPSA) is 54.2 Å². The fourth-order valence-corrected chi connectivity index (χ4v) is 2.58. The van der Waals surface area contributed by atoms with Crippen molar-refractivity contribution in [2.75, 3.05) is 25.0 Å². The Morgan fingerprint density at radius 1 is 1.30 bits per heavy atom. The second kappa shape index (κ2) is 5.63.